The Bertz CT molecular complexity index is 454. The summed E-state index contributed by atoms with van der Waals surface area (Å²) in [7, 11) is 0. The van der Waals surface area contributed by atoms with E-state index in [-0.39, 0.29) is 5.82 Å². The number of hydrogen-bond acceptors (Lipinski definition) is 3. The Labute approximate surface area is 117 Å². The summed E-state index contributed by atoms with van der Waals surface area (Å²) in [5, 5.41) is 2.72. The SMILES string of the molecule is CC1CCCCN1CCCNc1nc(F)c(F)cc1F. The number of nitrogens with one attached hydrogen (secondary N) is 1. The highest BCUT2D eigenvalue weighted by Gasteiger charge is 2.17. The van der Waals surface area contributed by atoms with Gasteiger partial charge in [-0.3, -0.25) is 0 Å². The lowest BCUT2D eigenvalue weighted by molar-refractivity contribution is 0.160. The molecule has 0 aromatic carbocycles. The standard InChI is InChI=1S/C14H20F3N3/c1-10-5-2-3-7-20(10)8-4-6-18-14-12(16)9-11(15)13(17)19-14/h9-10H,2-8H2,1H3,(H,18,19). The molecule has 3 nitrogen and oxygen atoms in total. The summed E-state index contributed by atoms with van der Waals surface area (Å²) in [6.07, 6.45) is 4.52. The second-order valence-electron chi connectivity index (χ2n) is 5.25. The third kappa shape index (κ3) is 3.85. The number of halogens is 3. The summed E-state index contributed by atoms with van der Waals surface area (Å²) in [6, 6.07) is 1.10. The van der Waals surface area contributed by atoms with Gasteiger partial charge in [0.05, 0.1) is 0 Å². The zero-order chi connectivity index (χ0) is 14.5. The normalized spacial score (nSPS) is 20.1. The van der Waals surface area contributed by atoms with Gasteiger partial charge in [-0.25, -0.2) is 8.78 Å². The second kappa shape index (κ2) is 6.92. The minimum absolute atomic E-state index is 0.226. The smallest absolute Gasteiger partial charge is 0.251 e. The van der Waals surface area contributed by atoms with E-state index in [1.165, 1.54) is 19.3 Å². The van der Waals surface area contributed by atoms with E-state index in [0.29, 0.717) is 18.7 Å². The molecular weight excluding hydrogens is 267 g/mol. The van der Waals surface area contributed by atoms with Crippen LogP contribution in [0.3, 0.4) is 0 Å². The van der Waals surface area contributed by atoms with Crippen molar-refractivity contribution in [2.24, 2.45) is 0 Å². The van der Waals surface area contributed by atoms with Gasteiger partial charge in [0.15, 0.2) is 17.5 Å². The van der Waals surface area contributed by atoms with Crippen molar-refractivity contribution in [3.63, 3.8) is 0 Å². The summed E-state index contributed by atoms with van der Waals surface area (Å²) in [4.78, 5) is 5.63. The maximum atomic E-state index is 13.3. The van der Waals surface area contributed by atoms with Gasteiger partial charge in [-0.15, -0.1) is 0 Å². The van der Waals surface area contributed by atoms with E-state index in [1.807, 2.05) is 0 Å². The average molecular weight is 287 g/mol. The van der Waals surface area contributed by atoms with Crippen molar-refractivity contribution >= 4 is 5.82 Å². The Morgan fingerprint density at radius 2 is 2.10 bits per heavy atom. The van der Waals surface area contributed by atoms with Crippen molar-refractivity contribution in [3.05, 3.63) is 23.6 Å². The number of piperidine rings is 1. The fraction of sp³-hybridized carbons (Fsp3) is 0.643. The number of pyridine rings is 1. The molecule has 1 fully saturated rings. The highest BCUT2D eigenvalue weighted by atomic mass is 19.2. The predicted molar refractivity (Wildman–Crippen MR) is 72.1 cm³/mol. The molecule has 1 atom stereocenters. The third-order valence-corrected chi connectivity index (χ3v) is 3.74. The Balaban J connectivity index is 1.77. The zero-order valence-electron chi connectivity index (χ0n) is 11.6. The molecule has 1 N–H and O–H groups in total. The number of rotatable bonds is 5. The minimum atomic E-state index is -1.28. The molecular formula is C14H20F3N3. The Kier molecular flexibility index (Phi) is 5.23. The maximum Gasteiger partial charge on any atom is 0.251 e. The number of anilines is 1. The molecule has 0 radical (unpaired) electrons. The third-order valence-electron chi connectivity index (χ3n) is 3.74. The molecule has 1 unspecified atom stereocenters. The fourth-order valence-corrected chi connectivity index (χ4v) is 2.55. The van der Waals surface area contributed by atoms with E-state index in [4.69, 9.17) is 0 Å². The molecule has 2 rings (SSSR count). The van der Waals surface area contributed by atoms with Gasteiger partial charge in [0.25, 0.3) is 5.95 Å². The molecule has 20 heavy (non-hydrogen) atoms. The van der Waals surface area contributed by atoms with Crippen molar-refractivity contribution in [2.45, 2.75) is 38.6 Å². The number of nitrogens with zero attached hydrogens (tertiary/aromatic N) is 2. The minimum Gasteiger partial charge on any atom is -0.367 e. The number of likely N-dealkylation sites (tertiary alicyclic amines) is 1. The van der Waals surface area contributed by atoms with E-state index in [9.17, 15) is 13.2 Å². The Morgan fingerprint density at radius 3 is 2.85 bits per heavy atom. The van der Waals surface area contributed by atoms with E-state index in [2.05, 4.69) is 22.1 Å². The predicted octanol–water partition coefficient (Wildman–Crippen LogP) is 3.18. The summed E-state index contributed by atoms with van der Waals surface area (Å²) in [6.45, 7) is 4.71. The molecule has 1 aliphatic heterocycles. The molecule has 1 aromatic heterocycles. The molecule has 2 heterocycles. The first kappa shape index (κ1) is 15.1. The van der Waals surface area contributed by atoms with Crippen molar-refractivity contribution < 1.29 is 13.2 Å². The molecule has 0 saturated carbocycles. The molecule has 0 bridgehead atoms. The van der Waals surface area contributed by atoms with Crippen LogP contribution in [-0.2, 0) is 0 Å². The summed E-state index contributed by atoms with van der Waals surface area (Å²) >= 11 is 0. The average Bonchev–Trinajstić information content (AvgIpc) is 2.42. The topological polar surface area (TPSA) is 28.2 Å². The molecule has 0 aliphatic carbocycles. The van der Waals surface area contributed by atoms with Crippen molar-refractivity contribution in [1.82, 2.24) is 9.88 Å². The summed E-state index contributed by atoms with van der Waals surface area (Å²) < 4.78 is 39.0. The van der Waals surface area contributed by atoms with Gasteiger partial charge >= 0.3 is 0 Å². The summed E-state index contributed by atoms with van der Waals surface area (Å²) in [5.41, 5.74) is 0. The molecule has 0 spiro atoms. The van der Waals surface area contributed by atoms with Crippen LogP contribution in [0, 0.1) is 17.6 Å². The van der Waals surface area contributed by atoms with Crippen LogP contribution in [0.25, 0.3) is 0 Å². The van der Waals surface area contributed by atoms with Gasteiger partial charge in [-0.1, -0.05) is 6.42 Å². The van der Waals surface area contributed by atoms with Crippen LogP contribution in [-0.4, -0.2) is 35.6 Å². The molecule has 1 aromatic rings. The van der Waals surface area contributed by atoms with E-state index in [0.717, 1.165) is 19.5 Å². The largest absolute Gasteiger partial charge is 0.367 e. The monoisotopic (exact) mass is 287 g/mol. The number of aromatic nitrogens is 1. The fourth-order valence-electron chi connectivity index (χ4n) is 2.55. The Hall–Kier alpha value is -1.30. The summed E-state index contributed by atoms with van der Waals surface area (Å²) in [5.74, 6) is -3.64. The molecule has 1 saturated heterocycles. The second-order valence-corrected chi connectivity index (χ2v) is 5.25. The Morgan fingerprint density at radius 1 is 1.30 bits per heavy atom. The first-order chi connectivity index (χ1) is 9.58. The van der Waals surface area contributed by atoms with Crippen molar-refractivity contribution in [3.8, 4) is 0 Å². The van der Waals surface area contributed by atoms with Crippen molar-refractivity contribution in [1.29, 1.82) is 0 Å². The van der Waals surface area contributed by atoms with E-state index in [1.54, 1.807) is 0 Å². The van der Waals surface area contributed by atoms with E-state index < -0.39 is 17.6 Å². The molecule has 0 amide bonds. The lowest BCUT2D eigenvalue weighted by Gasteiger charge is -2.33. The van der Waals surface area contributed by atoms with Crippen LogP contribution >= 0.6 is 0 Å². The van der Waals surface area contributed by atoms with Crippen LogP contribution in [0.1, 0.15) is 32.6 Å². The van der Waals surface area contributed by atoms with Crippen LogP contribution in [0.15, 0.2) is 6.07 Å². The highest BCUT2D eigenvalue weighted by molar-refractivity contribution is 5.35. The van der Waals surface area contributed by atoms with Gasteiger partial charge in [-0.05, 0) is 32.7 Å². The quantitative estimate of drug-likeness (QED) is 0.666. The highest BCUT2D eigenvalue weighted by Crippen LogP contribution is 2.17. The first-order valence-electron chi connectivity index (χ1n) is 7.07. The van der Waals surface area contributed by atoms with Gasteiger partial charge in [0.1, 0.15) is 0 Å². The van der Waals surface area contributed by atoms with Crippen molar-refractivity contribution in [2.75, 3.05) is 25.0 Å². The van der Waals surface area contributed by atoms with Gasteiger partial charge in [-0.2, -0.15) is 9.37 Å². The van der Waals surface area contributed by atoms with Gasteiger partial charge in [0, 0.05) is 25.2 Å². The van der Waals surface area contributed by atoms with Crippen LogP contribution in [0.5, 0.6) is 0 Å². The van der Waals surface area contributed by atoms with Crippen LogP contribution < -0.4 is 5.32 Å². The number of hydrogen-bond donors (Lipinski definition) is 1. The molecule has 1 aliphatic rings. The lowest BCUT2D eigenvalue weighted by atomic mass is 10.0. The van der Waals surface area contributed by atoms with Gasteiger partial charge < -0.3 is 10.2 Å². The molecule has 6 heteroatoms. The first-order valence-corrected chi connectivity index (χ1v) is 7.07. The van der Waals surface area contributed by atoms with Crippen LogP contribution in [0.2, 0.25) is 0 Å². The zero-order valence-corrected chi connectivity index (χ0v) is 11.6. The van der Waals surface area contributed by atoms with E-state index >= 15 is 0 Å². The molecule has 112 valence electrons. The van der Waals surface area contributed by atoms with Gasteiger partial charge in [0.2, 0.25) is 0 Å². The lowest BCUT2D eigenvalue weighted by Crippen LogP contribution is -2.38. The maximum absolute atomic E-state index is 13.3. The van der Waals surface area contributed by atoms with Crippen LogP contribution in [0.4, 0.5) is 19.0 Å².